The van der Waals surface area contributed by atoms with Crippen LogP contribution in [-0.2, 0) is 9.53 Å². The quantitative estimate of drug-likeness (QED) is 0.798. The smallest absolute Gasteiger partial charge is 0.262 e. The number of thiophene rings is 1. The van der Waals surface area contributed by atoms with Crippen molar-refractivity contribution in [2.45, 2.75) is 44.9 Å². The molecule has 0 spiro atoms. The zero-order valence-corrected chi connectivity index (χ0v) is 16.5. The van der Waals surface area contributed by atoms with Crippen molar-refractivity contribution in [3.05, 3.63) is 58.3 Å². The van der Waals surface area contributed by atoms with Crippen LogP contribution in [0.1, 0.15) is 48.0 Å². The van der Waals surface area contributed by atoms with Crippen molar-refractivity contribution in [2.75, 3.05) is 6.61 Å². The molecule has 144 valence electrons. The summed E-state index contributed by atoms with van der Waals surface area (Å²) in [6.07, 6.45) is 1.74. The van der Waals surface area contributed by atoms with Crippen molar-refractivity contribution in [1.29, 1.82) is 0 Å². The van der Waals surface area contributed by atoms with Crippen molar-refractivity contribution in [3.63, 3.8) is 0 Å². The Morgan fingerprint density at radius 3 is 2.59 bits per heavy atom. The second-order valence-corrected chi connectivity index (χ2v) is 8.13. The number of nitrogens with one attached hydrogen (secondary N) is 2. The molecule has 6 heteroatoms. The van der Waals surface area contributed by atoms with Crippen molar-refractivity contribution in [2.24, 2.45) is 5.92 Å². The Labute approximate surface area is 164 Å². The van der Waals surface area contributed by atoms with Crippen molar-refractivity contribution >= 4 is 23.2 Å². The van der Waals surface area contributed by atoms with E-state index in [1.165, 1.54) is 11.3 Å². The third-order valence-corrected chi connectivity index (χ3v) is 5.69. The van der Waals surface area contributed by atoms with Crippen LogP contribution < -0.4 is 10.6 Å². The third kappa shape index (κ3) is 5.17. The SMILES string of the molecule is CC(C)[C@@H]1C[C@@H](NC(=O)[C@H](NC(=O)c2cccs2)c2ccccc2)CCO1. The van der Waals surface area contributed by atoms with Gasteiger partial charge in [0.05, 0.1) is 11.0 Å². The average molecular weight is 387 g/mol. The predicted octanol–water partition coefficient (Wildman–Crippen LogP) is 3.54. The molecule has 3 atom stereocenters. The normalized spacial score (nSPS) is 20.9. The van der Waals surface area contributed by atoms with Crippen molar-refractivity contribution in [3.8, 4) is 0 Å². The highest BCUT2D eigenvalue weighted by Gasteiger charge is 2.29. The van der Waals surface area contributed by atoms with E-state index in [1.54, 1.807) is 6.07 Å². The van der Waals surface area contributed by atoms with Crippen molar-refractivity contribution < 1.29 is 14.3 Å². The summed E-state index contributed by atoms with van der Waals surface area (Å²) < 4.78 is 5.79. The maximum Gasteiger partial charge on any atom is 0.262 e. The molecule has 3 rings (SSSR count). The summed E-state index contributed by atoms with van der Waals surface area (Å²) in [7, 11) is 0. The lowest BCUT2D eigenvalue weighted by atomic mass is 9.95. The fraction of sp³-hybridized carbons (Fsp3) is 0.429. The zero-order chi connectivity index (χ0) is 19.2. The van der Waals surface area contributed by atoms with Crippen LogP contribution in [0.3, 0.4) is 0 Å². The lowest BCUT2D eigenvalue weighted by Gasteiger charge is -2.33. The first-order chi connectivity index (χ1) is 13.0. The molecule has 27 heavy (non-hydrogen) atoms. The topological polar surface area (TPSA) is 67.4 Å². The first-order valence-corrected chi connectivity index (χ1v) is 10.2. The van der Waals surface area contributed by atoms with Gasteiger partial charge in [0.15, 0.2) is 0 Å². The number of amides is 2. The van der Waals surface area contributed by atoms with Crippen LogP contribution in [0.4, 0.5) is 0 Å². The van der Waals surface area contributed by atoms with E-state index in [1.807, 2.05) is 41.8 Å². The molecular formula is C21H26N2O3S. The van der Waals surface area contributed by atoms with Gasteiger partial charge in [-0.15, -0.1) is 11.3 Å². The molecular weight excluding hydrogens is 360 g/mol. The van der Waals surface area contributed by atoms with Gasteiger partial charge in [-0.05, 0) is 35.8 Å². The number of benzene rings is 1. The number of ether oxygens (including phenoxy) is 1. The summed E-state index contributed by atoms with van der Waals surface area (Å²) in [6, 6.07) is 12.3. The largest absolute Gasteiger partial charge is 0.378 e. The first-order valence-electron chi connectivity index (χ1n) is 9.36. The molecule has 2 aromatic rings. The van der Waals surface area contributed by atoms with Crippen LogP contribution >= 0.6 is 11.3 Å². The van der Waals surface area contributed by atoms with Gasteiger partial charge in [-0.2, -0.15) is 0 Å². The Morgan fingerprint density at radius 2 is 1.93 bits per heavy atom. The van der Waals surface area contributed by atoms with E-state index in [0.29, 0.717) is 17.4 Å². The minimum absolute atomic E-state index is 0.0588. The summed E-state index contributed by atoms with van der Waals surface area (Å²) in [4.78, 5) is 26.1. The van der Waals surface area contributed by atoms with Crippen LogP contribution in [0, 0.1) is 5.92 Å². The number of carbonyl (C=O) groups excluding carboxylic acids is 2. The van der Waals surface area contributed by atoms with Crippen LogP contribution in [0.15, 0.2) is 47.8 Å². The highest BCUT2D eigenvalue weighted by atomic mass is 32.1. The highest BCUT2D eigenvalue weighted by molar-refractivity contribution is 7.12. The van der Waals surface area contributed by atoms with Gasteiger partial charge in [0, 0.05) is 12.6 Å². The third-order valence-electron chi connectivity index (χ3n) is 4.82. The van der Waals surface area contributed by atoms with E-state index in [0.717, 1.165) is 18.4 Å². The number of hydrogen-bond acceptors (Lipinski definition) is 4. The van der Waals surface area contributed by atoms with Crippen LogP contribution in [0.25, 0.3) is 0 Å². The van der Waals surface area contributed by atoms with Gasteiger partial charge in [0.25, 0.3) is 5.91 Å². The molecule has 0 aliphatic carbocycles. The summed E-state index contributed by atoms with van der Waals surface area (Å²) in [6.45, 7) is 4.90. The van der Waals surface area contributed by atoms with Gasteiger partial charge in [-0.3, -0.25) is 9.59 Å². The van der Waals surface area contributed by atoms with Gasteiger partial charge in [0.1, 0.15) is 6.04 Å². The molecule has 2 N–H and O–H groups in total. The predicted molar refractivity (Wildman–Crippen MR) is 107 cm³/mol. The Balaban J connectivity index is 1.72. The first kappa shape index (κ1) is 19.6. The summed E-state index contributed by atoms with van der Waals surface area (Å²) in [5.74, 6) is -0.00490. The molecule has 0 saturated carbocycles. The minimum Gasteiger partial charge on any atom is -0.378 e. The van der Waals surface area contributed by atoms with Gasteiger partial charge in [-0.25, -0.2) is 0 Å². The molecule has 1 aliphatic rings. The van der Waals surface area contributed by atoms with E-state index < -0.39 is 6.04 Å². The van der Waals surface area contributed by atoms with Crippen LogP contribution in [-0.4, -0.2) is 30.6 Å². The van der Waals surface area contributed by atoms with E-state index in [4.69, 9.17) is 4.74 Å². The zero-order valence-electron chi connectivity index (χ0n) is 15.7. The van der Waals surface area contributed by atoms with Gasteiger partial charge >= 0.3 is 0 Å². The monoisotopic (exact) mass is 386 g/mol. The second-order valence-electron chi connectivity index (χ2n) is 7.18. The maximum atomic E-state index is 13.0. The molecule has 1 saturated heterocycles. The number of carbonyl (C=O) groups is 2. The van der Waals surface area contributed by atoms with Gasteiger partial charge < -0.3 is 15.4 Å². The summed E-state index contributed by atoms with van der Waals surface area (Å²) in [5, 5.41) is 7.86. The lowest BCUT2D eigenvalue weighted by Crippen LogP contribution is -2.48. The number of rotatable bonds is 6. The van der Waals surface area contributed by atoms with Crippen LogP contribution in [0.5, 0.6) is 0 Å². The Bertz CT molecular complexity index is 746. The maximum absolute atomic E-state index is 13.0. The molecule has 1 aromatic carbocycles. The van der Waals surface area contributed by atoms with Crippen molar-refractivity contribution in [1.82, 2.24) is 10.6 Å². The fourth-order valence-electron chi connectivity index (χ4n) is 3.26. The summed E-state index contributed by atoms with van der Waals surface area (Å²) >= 11 is 1.36. The lowest BCUT2D eigenvalue weighted by molar-refractivity contribution is -0.125. The molecule has 1 aromatic heterocycles. The van der Waals surface area contributed by atoms with Crippen LogP contribution in [0.2, 0.25) is 0 Å². The number of hydrogen-bond donors (Lipinski definition) is 2. The van der Waals surface area contributed by atoms with E-state index in [-0.39, 0.29) is 24.0 Å². The minimum atomic E-state index is -0.721. The van der Waals surface area contributed by atoms with Gasteiger partial charge in [-0.1, -0.05) is 50.2 Å². The Kier molecular flexibility index (Phi) is 6.63. The molecule has 1 aliphatic heterocycles. The molecule has 2 heterocycles. The second kappa shape index (κ2) is 9.15. The molecule has 1 fully saturated rings. The molecule has 0 unspecified atom stereocenters. The summed E-state index contributed by atoms with van der Waals surface area (Å²) in [5.41, 5.74) is 0.771. The molecule has 0 bridgehead atoms. The standard InChI is InChI=1S/C21H26N2O3S/c1-14(2)17-13-16(10-11-26-17)22-21(25)19(15-7-4-3-5-8-15)23-20(24)18-9-6-12-27-18/h3-9,12,14,16-17,19H,10-11,13H2,1-2H3,(H,22,25)(H,23,24)/t16-,17-,19+/m0/s1. The van der Waals surface area contributed by atoms with E-state index in [2.05, 4.69) is 24.5 Å². The van der Waals surface area contributed by atoms with E-state index >= 15 is 0 Å². The Morgan fingerprint density at radius 1 is 1.15 bits per heavy atom. The van der Waals surface area contributed by atoms with E-state index in [9.17, 15) is 9.59 Å². The molecule has 2 amide bonds. The molecule has 0 radical (unpaired) electrons. The molecule has 5 nitrogen and oxygen atoms in total. The van der Waals surface area contributed by atoms with Gasteiger partial charge in [0.2, 0.25) is 5.91 Å². The average Bonchev–Trinajstić information content (AvgIpc) is 3.21. The Hall–Kier alpha value is -2.18. The highest BCUT2D eigenvalue weighted by Crippen LogP contribution is 2.22. The fourth-order valence-corrected chi connectivity index (χ4v) is 3.89.